The number of phenols is 1. The number of hydrogen-bond acceptors (Lipinski definition) is 3. The highest BCUT2D eigenvalue weighted by molar-refractivity contribution is 5.44. The quantitative estimate of drug-likeness (QED) is 0.889. The van der Waals surface area contributed by atoms with Gasteiger partial charge in [-0.3, -0.25) is 4.90 Å². The average Bonchev–Trinajstić information content (AvgIpc) is 2.89. The van der Waals surface area contributed by atoms with Gasteiger partial charge in [0, 0.05) is 30.1 Å². The second-order valence-corrected chi connectivity index (χ2v) is 6.91. The van der Waals surface area contributed by atoms with E-state index < -0.39 is 0 Å². The van der Waals surface area contributed by atoms with Crippen LogP contribution in [0.5, 0.6) is 11.5 Å². The largest absolute Gasteiger partial charge is 0.508 e. The van der Waals surface area contributed by atoms with Crippen LogP contribution in [0.15, 0.2) is 18.2 Å². The van der Waals surface area contributed by atoms with E-state index in [0.717, 1.165) is 12.2 Å². The van der Waals surface area contributed by atoms with E-state index in [4.69, 9.17) is 4.74 Å². The Morgan fingerprint density at radius 3 is 2.65 bits per heavy atom. The number of ether oxygens (including phenoxy) is 1. The van der Waals surface area contributed by atoms with Crippen molar-refractivity contribution in [3.8, 4) is 11.5 Å². The van der Waals surface area contributed by atoms with E-state index in [1.54, 1.807) is 12.1 Å². The van der Waals surface area contributed by atoms with Gasteiger partial charge in [-0.1, -0.05) is 18.9 Å². The zero-order chi connectivity index (χ0) is 14.3. The molecule has 2 aliphatic rings. The molecule has 3 heteroatoms. The Balaban J connectivity index is 1.94. The summed E-state index contributed by atoms with van der Waals surface area (Å²) in [7, 11) is 2.25. The Labute approximate surface area is 121 Å². The van der Waals surface area contributed by atoms with Crippen LogP contribution < -0.4 is 4.74 Å². The second-order valence-electron chi connectivity index (χ2n) is 6.91. The van der Waals surface area contributed by atoms with E-state index in [1.807, 2.05) is 6.07 Å². The van der Waals surface area contributed by atoms with Gasteiger partial charge in [-0.25, -0.2) is 0 Å². The summed E-state index contributed by atoms with van der Waals surface area (Å²) >= 11 is 0. The van der Waals surface area contributed by atoms with Crippen molar-refractivity contribution in [2.75, 3.05) is 7.05 Å². The lowest BCUT2D eigenvalue weighted by Gasteiger charge is -2.43. The van der Waals surface area contributed by atoms with Crippen LogP contribution in [0.3, 0.4) is 0 Å². The molecule has 1 fully saturated rings. The molecule has 3 rings (SSSR count). The first-order valence-electron chi connectivity index (χ1n) is 7.70. The third kappa shape index (κ3) is 2.51. The summed E-state index contributed by atoms with van der Waals surface area (Å²) in [6.45, 7) is 4.27. The van der Waals surface area contributed by atoms with Crippen LogP contribution in [-0.2, 0) is 0 Å². The molecular weight excluding hydrogens is 250 g/mol. The van der Waals surface area contributed by atoms with Crippen molar-refractivity contribution in [2.24, 2.45) is 0 Å². The van der Waals surface area contributed by atoms with Gasteiger partial charge in [-0.05, 0) is 39.8 Å². The van der Waals surface area contributed by atoms with Crippen LogP contribution in [0.2, 0.25) is 0 Å². The fraction of sp³-hybridized carbons (Fsp3) is 0.647. The Hall–Kier alpha value is -1.22. The number of hydrogen-bond donors (Lipinski definition) is 1. The van der Waals surface area contributed by atoms with Crippen molar-refractivity contribution in [1.82, 2.24) is 4.90 Å². The minimum Gasteiger partial charge on any atom is -0.508 e. The van der Waals surface area contributed by atoms with Crippen molar-refractivity contribution >= 4 is 0 Å². The lowest BCUT2D eigenvalue weighted by atomic mass is 9.88. The molecule has 1 atom stereocenters. The number of benzene rings is 1. The first-order valence-corrected chi connectivity index (χ1v) is 7.70. The summed E-state index contributed by atoms with van der Waals surface area (Å²) in [6.07, 6.45) is 6.31. The molecule has 0 saturated heterocycles. The highest BCUT2D eigenvalue weighted by Gasteiger charge is 2.38. The maximum Gasteiger partial charge on any atom is 0.128 e. The fourth-order valence-electron chi connectivity index (χ4n) is 3.73. The lowest BCUT2D eigenvalue weighted by molar-refractivity contribution is 0.0254. The van der Waals surface area contributed by atoms with Crippen LogP contribution in [-0.4, -0.2) is 28.7 Å². The molecule has 1 aromatic carbocycles. The molecule has 1 unspecified atom stereocenters. The summed E-state index contributed by atoms with van der Waals surface area (Å²) in [6, 6.07) is 6.63. The third-order valence-corrected chi connectivity index (χ3v) is 4.82. The van der Waals surface area contributed by atoms with Gasteiger partial charge in [-0.15, -0.1) is 0 Å². The molecule has 20 heavy (non-hydrogen) atoms. The molecule has 0 spiro atoms. The molecule has 0 aromatic heterocycles. The molecule has 110 valence electrons. The van der Waals surface area contributed by atoms with Gasteiger partial charge in [-0.2, -0.15) is 0 Å². The standard InChI is InChI=1S/C17H25NO2/c1-17(2)11-15(18(3)12-6-4-5-7-12)14-9-8-13(19)10-16(14)20-17/h8-10,12,15,19H,4-7,11H2,1-3H3. The van der Waals surface area contributed by atoms with E-state index in [0.29, 0.717) is 12.1 Å². The second kappa shape index (κ2) is 4.96. The molecule has 1 saturated carbocycles. The molecule has 1 heterocycles. The topological polar surface area (TPSA) is 32.7 Å². The predicted octanol–water partition coefficient (Wildman–Crippen LogP) is 3.87. The maximum atomic E-state index is 9.70. The van der Waals surface area contributed by atoms with E-state index in [1.165, 1.54) is 31.2 Å². The molecule has 3 nitrogen and oxygen atoms in total. The summed E-state index contributed by atoms with van der Waals surface area (Å²) in [4.78, 5) is 2.53. The van der Waals surface area contributed by atoms with E-state index in [9.17, 15) is 5.11 Å². The predicted molar refractivity (Wildman–Crippen MR) is 80.2 cm³/mol. The Morgan fingerprint density at radius 1 is 1.25 bits per heavy atom. The molecule has 1 aliphatic carbocycles. The number of fused-ring (bicyclic) bond motifs is 1. The molecule has 1 N–H and O–H groups in total. The number of aromatic hydroxyl groups is 1. The first kappa shape index (κ1) is 13.7. The van der Waals surface area contributed by atoms with Gasteiger partial charge < -0.3 is 9.84 Å². The van der Waals surface area contributed by atoms with Gasteiger partial charge in [0.05, 0.1) is 0 Å². The van der Waals surface area contributed by atoms with Crippen molar-refractivity contribution in [2.45, 2.75) is 63.6 Å². The van der Waals surface area contributed by atoms with Crippen LogP contribution >= 0.6 is 0 Å². The monoisotopic (exact) mass is 275 g/mol. The average molecular weight is 275 g/mol. The molecule has 1 aliphatic heterocycles. The van der Waals surface area contributed by atoms with Crippen LogP contribution in [0, 0.1) is 0 Å². The van der Waals surface area contributed by atoms with Gasteiger partial charge in [0.25, 0.3) is 0 Å². The van der Waals surface area contributed by atoms with Gasteiger partial charge in [0.15, 0.2) is 0 Å². The van der Waals surface area contributed by atoms with Crippen LogP contribution in [0.4, 0.5) is 0 Å². The van der Waals surface area contributed by atoms with Gasteiger partial charge >= 0.3 is 0 Å². The smallest absolute Gasteiger partial charge is 0.128 e. The first-order chi connectivity index (χ1) is 9.46. The normalized spacial score (nSPS) is 25.5. The highest BCUT2D eigenvalue weighted by Crippen LogP contribution is 2.45. The lowest BCUT2D eigenvalue weighted by Crippen LogP contribution is -2.43. The molecular formula is C17H25NO2. The number of rotatable bonds is 2. The minimum atomic E-state index is -0.182. The zero-order valence-electron chi connectivity index (χ0n) is 12.7. The van der Waals surface area contributed by atoms with Crippen LogP contribution in [0.1, 0.15) is 57.6 Å². The van der Waals surface area contributed by atoms with E-state index >= 15 is 0 Å². The minimum absolute atomic E-state index is 0.182. The summed E-state index contributed by atoms with van der Waals surface area (Å²) in [5.41, 5.74) is 1.04. The molecule has 0 amide bonds. The molecule has 0 radical (unpaired) electrons. The Morgan fingerprint density at radius 2 is 1.95 bits per heavy atom. The van der Waals surface area contributed by atoms with E-state index in [2.05, 4.69) is 25.8 Å². The highest BCUT2D eigenvalue weighted by atomic mass is 16.5. The Kier molecular flexibility index (Phi) is 3.41. The number of nitrogens with zero attached hydrogens (tertiary/aromatic N) is 1. The SMILES string of the molecule is CN(C1CCCC1)C1CC(C)(C)Oc2cc(O)ccc21. The van der Waals surface area contributed by atoms with Crippen molar-refractivity contribution in [3.05, 3.63) is 23.8 Å². The molecule has 0 bridgehead atoms. The third-order valence-electron chi connectivity index (χ3n) is 4.82. The van der Waals surface area contributed by atoms with Crippen molar-refractivity contribution in [3.63, 3.8) is 0 Å². The maximum absolute atomic E-state index is 9.70. The summed E-state index contributed by atoms with van der Waals surface area (Å²) in [5, 5.41) is 9.70. The summed E-state index contributed by atoms with van der Waals surface area (Å²) in [5.74, 6) is 1.12. The van der Waals surface area contributed by atoms with Crippen molar-refractivity contribution < 1.29 is 9.84 Å². The van der Waals surface area contributed by atoms with E-state index in [-0.39, 0.29) is 11.4 Å². The van der Waals surface area contributed by atoms with Crippen molar-refractivity contribution in [1.29, 1.82) is 0 Å². The fourth-order valence-corrected chi connectivity index (χ4v) is 3.73. The summed E-state index contributed by atoms with van der Waals surface area (Å²) < 4.78 is 6.06. The number of phenolic OH excluding ortho intramolecular Hbond substituents is 1. The van der Waals surface area contributed by atoms with Crippen LogP contribution in [0.25, 0.3) is 0 Å². The van der Waals surface area contributed by atoms with Gasteiger partial charge in [0.1, 0.15) is 17.1 Å². The van der Waals surface area contributed by atoms with Gasteiger partial charge in [0.2, 0.25) is 0 Å². The Bertz CT molecular complexity index is 492. The molecule has 1 aromatic rings. The zero-order valence-corrected chi connectivity index (χ0v) is 12.7.